The number of benzene rings is 2. The summed E-state index contributed by atoms with van der Waals surface area (Å²) >= 11 is 0. The van der Waals surface area contributed by atoms with Gasteiger partial charge in [-0.3, -0.25) is 4.79 Å². The second kappa shape index (κ2) is 5.46. The van der Waals surface area contributed by atoms with Crippen molar-refractivity contribution in [3.63, 3.8) is 0 Å². The van der Waals surface area contributed by atoms with E-state index in [1.165, 1.54) is 12.1 Å². The van der Waals surface area contributed by atoms with Gasteiger partial charge in [0, 0.05) is 5.56 Å². The molecule has 6 nitrogen and oxygen atoms in total. The molecule has 0 saturated carbocycles. The summed E-state index contributed by atoms with van der Waals surface area (Å²) in [6, 6.07) is 10.0. The molecule has 0 radical (unpaired) electrons. The monoisotopic (exact) mass is 286 g/mol. The maximum Gasteiger partial charge on any atom is 0.340 e. The number of carboxylic acids is 2. The highest BCUT2D eigenvalue weighted by Gasteiger charge is 2.25. The zero-order valence-corrected chi connectivity index (χ0v) is 10.6. The minimum absolute atomic E-state index is 0.257. The van der Waals surface area contributed by atoms with E-state index in [0.29, 0.717) is 0 Å². The van der Waals surface area contributed by atoms with Crippen LogP contribution in [-0.2, 0) is 0 Å². The van der Waals surface area contributed by atoms with Crippen LogP contribution in [-0.4, -0.2) is 33.0 Å². The fourth-order valence-electron chi connectivity index (χ4n) is 1.91. The summed E-state index contributed by atoms with van der Waals surface area (Å²) in [6.45, 7) is 0. The minimum atomic E-state index is -1.62. The number of aromatic carboxylic acids is 2. The minimum Gasteiger partial charge on any atom is -0.506 e. The van der Waals surface area contributed by atoms with Gasteiger partial charge in [0.15, 0.2) is 5.78 Å². The predicted octanol–water partition coefficient (Wildman–Crippen LogP) is 2.02. The highest BCUT2D eigenvalue weighted by molar-refractivity contribution is 6.14. The van der Waals surface area contributed by atoms with Crippen molar-refractivity contribution in [2.45, 2.75) is 0 Å². The number of aromatic hydroxyl groups is 1. The van der Waals surface area contributed by atoms with Crippen LogP contribution in [0.2, 0.25) is 0 Å². The molecule has 2 aromatic rings. The summed E-state index contributed by atoms with van der Waals surface area (Å²) in [5.41, 5.74) is -1.38. The van der Waals surface area contributed by atoms with E-state index >= 15 is 0 Å². The molecular weight excluding hydrogens is 276 g/mol. The molecule has 0 fully saturated rings. The van der Waals surface area contributed by atoms with E-state index < -0.39 is 34.6 Å². The fraction of sp³-hybridized carbons (Fsp3) is 0. The molecule has 0 amide bonds. The van der Waals surface area contributed by atoms with Crippen molar-refractivity contribution in [3.8, 4) is 5.75 Å². The SMILES string of the molecule is O=C(c1ccccc1)c1ccc(C(=O)O)c(C(=O)O)c1O. The smallest absolute Gasteiger partial charge is 0.340 e. The first kappa shape index (κ1) is 14.3. The number of hydrogen-bond donors (Lipinski definition) is 3. The maximum absolute atomic E-state index is 12.2. The number of ketones is 1. The van der Waals surface area contributed by atoms with Crippen molar-refractivity contribution in [1.29, 1.82) is 0 Å². The topological polar surface area (TPSA) is 112 Å². The van der Waals surface area contributed by atoms with Crippen molar-refractivity contribution in [3.05, 3.63) is 64.7 Å². The lowest BCUT2D eigenvalue weighted by molar-refractivity contribution is 0.0648. The van der Waals surface area contributed by atoms with Gasteiger partial charge in [-0.15, -0.1) is 0 Å². The van der Waals surface area contributed by atoms with Gasteiger partial charge in [-0.05, 0) is 12.1 Å². The van der Waals surface area contributed by atoms with E-state index in [1.54, 1.807) is 18.2 Å². The Morgan fingerprint density at radius 1 is 0.762 bits per heavy atom. The fourth-order valence-corrected chi connectivity index (χ4v) is 1.91. The van der Waals surface area contributed by atoms with Gasteiger partial charge in [0.25, 0.3) is 0 Å². The van der Waals surface area contributed by atoms with Gasteiger partial charge in [0.1, 0.15) is 11.3 Å². The van der Waals surface area contributed by atoms with Gasteiger partial charge in [-0.25, -0.2) is 9.59 Å². The third-order valence-corrected chi connectivity index (χ3v) is 2.90. The first-order valence-electron chi connectivity index (χ1n) is 5.85. The van der Waals surface area contributed by atoms with Crippen LogP contribution in [0.4, 0.5) is 0 Å². The Kier molecular flexibility index (Phi) is 3.71. The first-order valence-corrected chi connectivity index (χ1v) is 5.85. The second-order valence-corrected chi connectivity index (χ2v) is 4.19. The molecule has 3 N–H and O–H groups in total. The molecule has 0 aliphatic heterocycles. The normalized spacial score (nSPS) is 10.1. The molecule has 2 aromatic carbocycles. The lowest BCUT2D eigenvalue weighted by Crippen LogP contribution is -2.11. The van der Waals surface area contributed by atoms with Crippen LogP contribution in [0.25, 0.3) is 0 Å². The largest absolute Gasteiger partial charge is 0.506 e. The average Bonchev–Trinajstić information content (AvgIpc) is 2.46. The summed E-state index contributed by atoms with van der Waals surface area (Å²) in [5, 5.41) is 27.9. The van der Waals surface area contributed by atoms with Crippen LogP contribution in [0.1, 0.15) is 36.6 Å². The van der Waals surface area contributed by atoms with Crippen molar-refractivity contribution in [2.24, 2.45) is 0 Å². The molecule has 21 heavy (non-hydrogen) atoms. The van der Waals surface area contributed by atoms with E-state index in [9.17, 15) is 19.5 Å². The Hall–Kier alpha value is -3.15. The summed E-state index contributed by atoms with van der Waals surface area (Å²) in [4.78, 5) is 34.3. The molecule has 106 valence electrons. The highest BCUT2D eigenvalue weighted by Crippen LogP contribution is 2.28. The van der Waals surface area contributed by atoms with Crippen LogP contribution in [0.15, 0.2) is 42.5 Å². The molecule has 0 spiro atoms. The first-order chi connectivity index (χ1) is 9.93. The van der Waals surface area contributed by atoms with E-state index in [1.807, 2.05) is 0 Å². The summed E-state index contributed by atoms with van der Waals surface area (Å²) in [5.74, 6) is -4.56. The number of carboxylic acid groups (broad SMARTS) is 2. The Morgan fingerprint density at radius 2 is 1.33 bits per heavy atom. The molecule has 2 rings (SSSR count). The van der Waals surface area contributed by atoms with Gasteiger partial charge >= 0.3 is 11.9 Å². The molecule has 0 bridgehead atoms. The van der Waals surface area contributed by atoms with Crippen molar-refractivity contribution in [1.82, 2.24) is 0 Å². The van der Waals surface area contributed by atoms with Gasteiger partial charge in [-0.1, -0.05) is 30.3 Å². The zero-order chi connectivity index (χ0) is 15.6. The molecule has 6 heteroatoms. The summed E-state index contributed by atoms with van der Waals surface area (Å²) in [6.07, 6.45) is 0. The Bertz CT molecular complexity index is 733. The van der Waals surface area contributed by atoms with Crippen LogP contribution >= 0.6 is 0 Å². The van der Waals surface area contributed by atoms with Crippen LogP contribution < -0.4 is 0 Å². The Balaban J connectivity index is 2.62. The highest BCUT2D eigenvalue weighted by atomic mass is 16.4. The number of carbonyl (C=O) groups is 3. The van der Waals surface area contributed by atoms with Gasteiger partial charge in [-0.2, -0.15) is 0 Å². The van der Waals surface area contributed by atoms with Crippen molar-refractivity contribution < 1.29 is 29.7 Å². The summed E-state index contributed by atoms with van der Waals surface area (Å²) < 4.78 is 0. The number of carbonyl (C=O) groups excluding carboxylic acids is 1. The van der Waals surface area contributed by atoms with Gasteiger partial charge in [0.05, 0.1) is 11.1 Å². The predicted molar refractivity (Wildman–Crippen MR) is 71.9 cm³/mol. The molecule has 0 saturated heterocycles. The summed E-state index contributed by atoms with van der Waals surface area (Å²) in [7, 11) is 0. The molecular formula is C15H10O6. The quantitative estimate of drug-likeness (QED) is 0.741. The standard InChI is InChI=1S/C15H10O6/c16-12(8-4-2-1-3-5-8)10-7-6-9(14(18)19)11(13(10)17)15(20)21/h1-7,17H,(H,18,19)(H,20,21). The van der Waals surface area contributed by atoms with Crippen molar-refractivity contribution in [2.75, 3.05) is 0 Å². The maximum atomic E-state index is 12.2. The van der Waals surface area contributed by atoms with E-state index in [-0.39, 0.29) is 11.1 Å². The van der Waals surface area contributed by atoms with E-state index in [2.05, 4.69) is 0 Å². The molecule has 0 aromatic heterocycles. The van der Waals surface area contributed by atoms with Crippen molar-refractivity contribution >= 4 is 17.7 Å². The lowest BCUT2D eigenvalue weighted by Gasteiger charge is -2.09. The van der Waals surface area contributed by atoms with E-state index in [4.69, 9.17) is 10.2 Å². The number of phenols is 1. The molecule has 0 unspecified atom stereocenters. The average molecular weight is 286 g/mol. The van der Waals surface area contributed by atoms with Crippen LogP contribution in [0, 0.1) is 0 Å². The third-order valence-electron chi connectivity index (χ3n) is 2.90. The van der Waals surface area contributed by atoms with Crippen LogP contribution in [0.3, 0.4) is 0 Å². The molecule has 0 aliphatic carbocycles. The lowest BCUT2D eigenvalue weighted by atomic mass is 9.96. The molecule has 0 heterocycles. The van der Waals surface area contributed by atoms with E-state index in [0.717, 1.165) is 12.1 Å². The Morgan fingerprint density at radius 3 is 1.86 bits per heavy atom. The van der Waals surface area contributed by atoms with Gasteiger partial charge < -0.3 is 15.3 Å². The van der Waals surface area contributed by atoms with Gasteiger partial charge in [0.2, 0.25) is 0 Å². The number of hydrogen-bond acceptors (Lipinski definition) is 4. The second-order valence-electron chi connectivity index (χ2n) is 4.19. The van der Waals surface area contributed by atoms with Crippen LogP contribution in [0.5, 0.6) is 5.75 Å². The molecule has 0 atom stereocenters. The molecule has 0 aliphatic rings. The Labute approximate surface area is 118 Å². The zero-order valence-electron chi connectivity index (χ0n) is 10.6. The number of rotatable bonds is 4. The third kappa shape index (κ3) is 2.59.